The van der Waals surface area contributed by atoms with Gasteiger partial charge < -0.3 is 15.0 Å². The number of esters is 1. The van der Waals surface area contributed by atoms with Crippen molar-refractivity contribution in [2.45, 2.75) is 51.6 Å². The van der Waals surface area contributed by atoms with E-state index in [0.29, 0.717) is 12.1 Å². The monoisotopic (exact) mass is 346 g/mol. The number of benzene rings is 1. The summed E-state index contributed by atoms with van der Waals surface area (Å²) in [5.74, 6) is -0.789. The van der Waals surface area contributed by atoms with E-state index in [-0.39, 0.29) is 24.5 Å². The van der Waals surface area contributed by atoms with Gasteiger partial charge in [0.15, 0.2) is 6.61 Å². The summed E-state index contributed by atoms with van der Waals surface area (Å²) < 4.78 is 5.14. The summed E-state index contributed by atoms with van der Waals surface area (Å²) in [6, 6.07) is 7.03. The van der Waals surface area contributed by atoms with Gasteiger partial charge in [0.2, 0.25) is 5.91 Å². The van der Waals surface area contributed by atoms with Crippen molar-refractivity contribution >= 4 is 17.8 Å². The maximum atomic E-state index is 12.2. The van der Waals surface area contributed by atoms with E-state index in [4.69, 9.17) is 4.74 Å². The number of nitrogens with one attached hydrogen (secondary N) is 1. The zero-order valence-electron chi connectivity index (χ0n) is 14.9. The minimum atomic E-state index is -0.517. The van der Waals surface area contributed by atoms with Gasteiger partial charge in [0.25, 0.3) is 5.91 Å². The van der Waals surface area contributed by atoms with Gasteiger partial charge in [-0.05, 0) is 30.5 Å². The van der Waals surface area contributed by atoms with Crippen LogP contribution in [0.25, 0.3) is 0 Å². The molecule has 0 aromatic heterocycles. The van der Waals surface area contributed by atoms with Gasteiger partial charge in [-0.1, -0.05) is 31.4 Å². The van der Waals surface area contributed by atoms with Crippen LogP contribution >= 0.6 is 0 Å². The number of likely N-dealkylation sites (N-methyl/N-ethyl adjacent to an activating group) is 1. The van der Waals surface area contributed by atoms with Gasteiger partial charge in [-0.15, -0.1) is 0 Å². The summed E-state index contributed by atoms with van der Waals surface area (Å²) in [6.45, 7) is 1.63. The summed E-state index contributed by atoms with van der Waals surface area (Å²) in [6.07, 6.45) is 5.56. The largest absolute Gasteiger partial charge is 0.452 e. The van der Waals surface area contributed by atoms with E-state index in [1.165, 1.54) is 13.3 Å². The topological polar surface area (TPSA) is 75.7 Å². The molecule has 0 aliphatic heterocycles. The Hall–Kier alpha value is -2.37. The van der Waals surface area contributed by atoms with Crippen LogP contribution in [0.3, 0.4) is 0 Å². The number of hydrogen-bond donors (Lipinski definition) is 1. The lowest BCUT2D eigenvalue weighted by atomic mass is 9.94. The molecule has 1 aromatic carbocycles. The predicted molar refractivity (Wildman–Crippen MR) is 93.9 cm³/mol. The van der Waals surface area contributed by atoms with E-state index in [0.717, 1.165) is 31.2 Å². The van der Waals surface area contributed by atoms with E-state index >= 15 is 0 Å². The fourth-order valence-corrected chi connectivity index (χ4v) is 2.97. The summed E-state index contributed by atoms with van der Waals surface area (Å²) in [5.41, 5.74) is 1.28. The van der Waals surface area contributed by atoms with E-state index in [1.807, 2.05) is 0 Å². The molecule has 1 aliphatic rings. The molecule has 1 saturated carbocycles. The van der Waals surface area contributed by atoms with Crippen molar-refractivity contribution in [1.82, 2.24) is 10.2 Å². The van der Waals surface area contributed by atoms with Gasteiger partial charge in [-0.25, -0.2) is 4.79 Å². The first-order valence-electron chi connectivity index (χ1n) is 8.73. The highest BCUT2D eigenvalue weighted by Gasteiger charge is 2.22. The molecule has 1 aliphatic carbocycles. The molecular weight excluding hydrogens is 320 g/mol. The van der Waals surface area contributed by atoms with Gasteiger partial charge in [-0.2, -0.15) is 0 Å². The van der Waals surface area contributed by atoms with Crippen molar-refractivity contribution in [2.75, 3.05) is 13.7 Å². The third-order valence-corrected chi connectivity index (χ3v) is 4.57. The average molecular weight is 346 g/mol. The molecular formula is C19H26N2O4. The highest BCUT2D eigenvalue weighted by atomic mass is 16.5. The third-order valence-electron chi connectivity index (χ3n) is 4.57. The van der Waals surface area contributed by atoms with Crippen molar-refractivity contribution in [2.24, 2.45) is 0 Å². The van der Waals surface area contributed by atoms with Crippen LogP contribution in [0.15, 0.2) is 24.3 Å². The lowest BCUT2D eigenvalue weighted by molar-refractivity contribution is -0.135. The Morgan fingerprint density at radius 1 is 1.12 bits per heavy atom. The third kappa shape index (κ3) is 5.89. The fourth-order valence-electron chi connectivity index (χ4n) is 2.97. The Balaban J connectivity index is 1.80. The number of carbonyl (C=O) groups is 3. The summed E-state index contributed by atoms with van der Waals surface area (Å²) in [5, 5.41) is 2.69. The van der Waals surface area contributed by atoms with Crippen molar-refractivity contribution in [1.29, 1.82) is 0 Å². The molecule has 0 bridgehead atoms. The van der Waals surface area contributed by atoms with E-state index < -0.39 is 5.97 Å². The summed E-state index contributed by atoms with van der Waals surface area (Å²) >= 11 is 0. The molecule has 1 aromatic rings. The molecule has 0 unspecified atom stereocenters. The predicted octanol–water partition coefficient (Wildman–Crippen LogP) is 2.27. The first-order valence-corrected chi connectivity index (χ1v) is 8.73. The van der Waals surface area contributed by atoms with Gasteiger partial charge in [0.1, 0.15) is 0 Å². The van der Waals surface area contributed by atoms with Crippen LogP contribution in [0.1, 0.15) is 54.9 Å². The van der Waals surface area contributed by atoms with Crippen LogP contribution < -0.4 is 5.32 Å². The van der Waals surface area contributed by atoms with Gasteiger partial charge in [0.05, 0.1) is 5.56 Å². The molecule has 25 heavy (non-hydrogen) atoms. The highest BCUT2D eigenvalue weighted by molar-refractivity contribution is 5.91. The molecule has 0 radical (unpaired) electrons. The van der Waals surface area contributed by atoms with E-state index in [2.05, 4.69) is 5.32 Å². The van der Waals surface area contributed by atoms with Crippen molar-refractivity contribution in [3.05, 3.63) is 35.4 Å². The minimum Gasteiger partial charge on any atom is -0.452 e. The van der Waals surface area contributed by atoms with Gasteiger partial charge in [0, 0.05) is 26.6 Å². The SMILES string of the molecule is CC(=O)NCc1ccc(C(=O)OCC(=O)N(C)C2CCCCC2)cc1. The van der Waals surface area contributed by atoms with E-state index in [1.54, 1.807) is 36.2 Å². The van der Waals surface area contributed by atoms with Gasteiger partial charge in [-0.3, -0.25) is 9.59 Å². The quantitative estimate of drug-likeness (QED) is 0.802. The molecule has 136 valence electrons. The summed E-state index contributed by atoms with van der Waals surface area (Å²) in [7, 11) is 1.78. The van der Waals surface area contributed by atoms with Gasteiger partial charge >= 0.3 is 5.97 Å². The highest BCUT2D eigenvalue weighted by Crippen LogP contribution is 2.21. The lowest BCUT2D eigenvalue weighted by Crippen LogP contribution is -2.40. The van der Waals surface area contributed by atoms with Crippen LogP contribution in [0.5, 0.6) is 0 Å². The fraction of sp³-hybridized carbons (Fsp3) is 0.526. The van der Waals surface area contributed by atoms with Crippen LogP contribution in [0.4, 0.5) is 0 Å². The smallest absolute Gasteiger partial charge is 0.338 e. The first-order chi connectivity index (χ1) is 12.0. The van der Waals surface area contributed by atoms with Crippen molar-refractivity contribution < 1.29 is 19.1 Å². The molecule has 2 rings (SSSR count). The molecule has 1 N–H and O–H groups in total. The van der Waals surface area contributed by atoms with Crippen LogP contribution in [-0.4, -0.2) is 42.4 Å². The average Bonchev–Trinajstić information content (AvgIpc) is 2.64. The van der Waals surface area contributed by atoms with Crippen molar-refractivity contribution in [3.63, 3.8) is 0 Å². The second kappa shape index (κ2) is 9.20. The number of ether oxygens (including phenoxy) is 1. The molecule has 2 amide bonds. The Morgan fingerprint density at radius 2 is 1.76 bits per heavy atom. The Labute approximate surface area is 148 Å². The van der Waals surface area contributed by atoms with Crippen molar-refractivity contribution in [3.8, 4) is 0 Å². The van der Waals surface area contributed by atoms with E-state index in [9.17, 15) is 14.4 Å². The van der Waals surface area contributed by atoms with Crippen LogP contribution in [0.2, 0.25) is 0 Å². The molecule has 0 spiro atoms. The zero-order valence-corrected chi connectivity index (χ0v) is 14.9. The Bertz CT molecular complexity index is 606. The Kier molecular flexibility index (Phi) is 6.98. The molecule has 0 heterocycles. The molecule has 0 saturated heterocycles. The summed E-state index contributed by atoms with van der Waals surface area (Å²) in [4.78, 5) is 36.9. The Morgan fingerprint density at radius 3 is 2.36 bits per heavy atom. The normalized spacial score (nSPS) is 14.6. The minimum absolute atomic E-state index is 0.107. The van der Waals surface area contributed by atoms with Crippen LogP contribution in [-0.2, 0) is 20.9 Å². The zero-order chi connectivity index (χ0) is 18.2. The maximum Gasteiger partial charge on any atom is 0.338 e. The lowest BCUT2D eigenvalue weighted by Gasteiger charge is -2.31. The molecule has 6 heteroatoms. The first kappa shape index (κ1) is 19.0. The second-order valence-corrected chi connectivity index (χ2v) is 6.48. The number of hydrogen-bond acceptors (Lipinski definition) is 4. The maximum absolute atomic E-state index is 12.2. The number of nitrogens with zero attached hydrogens (tertiary/aromatic N) is 1. The molecule has 6 nitrogen and oxygen atoms in total. The number of amides is 2. The molecule has 1 fully saturated rings. The molecule has 0 atom stereocenters. The van der Waals surface area contributed by atoms with Crippen LogP contribution in [0, 0.1) is 0 Å². The number of rotatable bonds is 6. The standard InChI is InChI=1S/C19H26N2O4/c1-14(22)20-12-15-8-10-16(11-9-15)19(24)25-13-18(23)21(2)17-6-4-3-5-7-17/h8-11,17H,3-7,12-13H2,1-2H3,(H,20,22). The number of carbonyl (C=O) groups excluding carboxylic acids is 3. The second-order valence-electron chi connectivity index (χ2n) is 6.48.